The van der Waals surface area contributed by atoms with E-state index in [1.54, 1.807) is 0 Å². The molecule has 0 bridgehead atoms. The van der Waals surface area contributed by atoms with E-state index in [1.807, 2.05) is 6.92 Å². The summed E-state index contributed by atoms with van der Waals surface area (Å²) in [4.78, 5) is 12.3. The van der Waals surface area contributed by atoms with E-state index in [0.717, 1.165) is 35.1 Å². The van der Waals surface area contributed by atoms with Crippen LogP contribution in [0.15, 0.2) is 6.07 Å². The quantitative estimate of drug-likeness (QED) is 0.333. The maximum Gasteiger partial charge on any atom is 0.306 e. The third kappa shape index (κ3) is 8.03. The van der Waals surface area contributed by atoms with Crippen molar-refractivity contribution in [1.29, 1.82) is 0 Å². The number of rotatable bonds is 10. The Morgan fingerprint density at radius 3 is 2.10 bits per heavy atom. The van der Waals surface area contributed by atoms with Gasteiger partial charge in [-0.2, -0.15) is 0 Å². The lowest BCUT2D eigenvalue weighted by Gasteiger charge is -2.30. The predicted octanol–water partition coefficient (Wildman–Crippen LogP) is 7.13. The summed E-state index contributed by atoms with van der Waals surface area (Å²) < 4.78 is 5.46. The number of benzene rings is 1. The third-order valence-corrected chi connectivity index (χ3v) is 5.54. The molecule has 0 amide bonds. The first kappa shape index (κ1) is 25.5. The number of hydrogen-bond acceptors (Lipinski definition) is 3. The van der Waals surface area contributed by atoms with Gasteiger partial charge in [-0.3, -0.25) is 4.79 Å². The summed E-state index contributed by atoms with van der Waals surface area (Å²) in [5, 5.41) is 10.8. The average Bonchev–Trinajstić information content (AvgIpc) is 2.59. The van der Waals surface area contributed by atoms with Gasteiger partial charge in [-0.25, -0.2) is 0 Å². The summed E-state index contributed by atoms with van der Waals surface area (Å²) in [5.74, 6) is 0.262. The first-order chi connectivity index (χ1) is 13.4. The van der Waals surface area contributed by atoms with Crippen LogP contribution in [-0.4, -0.2) is 17.7 Å². The second-order valence-corrected chi connectivity index (χ2v) is 10.4. The fourth-order valence-electron chi connectivity index (χ4n) is 4.07. The molecule has 166 valence electrons. The molecule has 0 aromatic heterocycles. The molecule has 0 saturated heterocycles. The molecule has 0 atom stereocenters. The fourth-order valence-corrected chi connectivity index (χ4v) is 4.07. The summed E-state index contributed by atoms with van der Waals surface area (Å²) in [6, 6.07) is 2.10. The van der Waals surface area contributed by atoms with Gasteiger partial charge in [0.25, 0.3) is 0 Å². The van der Waals surface area contributed by atoms with Crippen LogP contribution in [0.25, 0.3) is 0 Å². The number of aromatic hydroxyl groups is 1. The minimum atomic E-state index is -0.154. The van der Waals surface area contributed by atoms with Gasteiger partial charge in [0.05, 0.1) is 6.61 Å². The first-order valence-corrected chi connectivity index (χ1v) is 11.4. The number of carbonyl (C=O) groups is 1. The van der Waals surface area contributed by atoms with Gasteiger partial charge in [0.2, 0.25) is 0 Å². The smallest absolute Gasteiger partial charge is 0.306 e. The molecule has 0 fully saturated rings. The number of phenols is 1. The van der Waals surface area contributed by atoms with Crippen molar-refractivity contribution in [3.63, 3.8) is 0 Å². The molecule has 1 N–H and O–H groups in total. The Morgan fingerprint density at radius 2 is 1.55 bits per heavy atom. The van der Waals surface area contributed by atoms with Crippen molar-refractivity contribution in [3.05, 3.63) is 28.3 Å². The van der Waals surface area contributed by atoms with Gasteiger partial charge < -0.3 is 9.84 Å². The van der Waals surface area contributed by atoms with E-state index in [1.165, 1.54) is 25.7 Å². The summed E-state index contributed by atoms with van der Waals surface area (Å²) in [6.07, 6.45) is 8.15. The third-order valence-electron chi connectivity index (χ3n) is 5.54. The van der Waals surface area contributed by atoms with Crippen LogP contribution in [0.1, 0.15) is 116 Å². The van der Waals surface area contributed by atoms with Crippen molar-refractivity contribution >= 4 is 5.97 Å². The van der Waals surface area contributed by atoms with Gasteiger partial charge in [0, 0.05) is 6.42 Å². The van der Waals surface area contributed by atoms with E-state index in [9.17, 15) is 9.90 Å². The maximum atomic E-state index is 12.3. The Kier molecular flexibility index (Phi) is 9.71. The molecule has 3 nitrogen and oxygen atoms in total. The number of carbonyl (C=O) groups excluding carboxylic acids is 1. The van der Waals surface area contributed by atoms with E-state index in [4.69, 9.17) is 4.74 Å². The van der Waals surface area contributed by atoms with Crippen LogP contribution in [0.5, 0.6) is 5.75 Å². The van der Waals surface area contributed by atoms with Crippen LogP contribution in [0, 0.1) is 6.92 Å². The van der Waals surface area contributed by atoms with Crippen molar-refractivity contribution in [2.75, 3.05) is 6.61 Å². The Labute approximate surface area is 179 Å². The number of esters is 1. The molecule has 0 aliphatic heterocycles. The predicted molar refractivity (Wildman–Crippen MR) is 123 cm³/mol. The SMILES string of the molecule is CCCCCCCCOC(=O)CCc1cc(C(C)(C)C)c(O)c(C)c1C(C)(C)C. The van der Waals surface area contributed by atoms with Gasteiger partial charge in [-0.05, 0) is 52.8 Å². The van der Waals surface area contributed by atoms with Gasteiger partial charge in [0.1, 0.15) is 5.75 Å². The number of ether oxygens (including phenoxy) is 1. The van der Waals surface area contributed by atoms with Crippen LogP contribution in [0.2, 0.25) is 0 Å². The zero-order chi connectivity index (χ0) is 22.2. The zero-order valence-electron chi connectivity index (χ0n) is 20.2. The van der Waals surface area contributed by atoms with Crippen molar-refractivity contribution < 1.29 is 14.6 Å². The van der Waals surface area contributed by atoms with Gasteiger partial charge in [-0.15, -0.1) is 0 Å². The minimum Gasteiger partial charge on any atom is -0.507 e. The lowest BCUT2D eigenvalue weighted by molar-refractivity contribution is -0.143. The number of aryl methyl sites for hydroxylation is 1. The molecule has 0 unspecified atom stereocenters. The number of unbranched alkanes of at least 4 members (excludes halogenated alkanes) is 5. The fraction of sp³-hybridized carbons (Fsp3) is 0.731. The van der Waals surface area contributed by atoms with Crippen LogP contribution in [-0.2, 0) is 26.8 Å². The van der Waals surface area contributed by atoms with Crippen LogP contribution < -0.4 is 0 Å². The van der Waals surface area contributed by atoms with E-state index < -0.39 is 0 Å². The zero-order valence-corrected chi connectivity index (χ0v) is 20.2. The monoisotopic (exact) mass is 404 g/mol. The summed E-state index contributed by atoms with van der Waals surface area (Å²) in [7, 11) is 0. The highest BCUT2D eigenvalue weighted by Crippen LogP contribution is 2.41. The van der Waals surface area contributed by atoms with Gasteiger partial charge >= 0.3 is 5.97 Å². The van der Waals surface area contributed by atoms with Crippen molar-refractivity contribution in [3.8, 4) is 5.75 Å². The van der Waals surface area contributed by atoms with Gasteiger partial charge in [-0.1, -0.05) is 86.6 Å². The molecule has 1 aromatic rings. The second kappa shape index (κ2) is 11.0. The molecular formula is C26H44O3. The van der Waals surface area contributed by atoms with Crippen LogP contribution in [0.3, 0.4) is 0 Å². The lowest BCUT2D eigenvalue weighted by Crippen LogP contribution is -2.20. The average molecular weight is 405 g/mol. The largest absolute Gasteiger partial charge is 0.507 e. The lowest BCUT2D eigenvalue weighted by atomic mass is 9.75. The maximum absolute atomic E-state index is 12.3. The first-order valence-electron chi connectivity index (χ1n) is 11.4. The van der Waals surface area contributed by atoms with E-state index >= 15 is 0 Å². The van der Waals surface area contributed by atoms with E-state index in [-0.39, 0.29) is 16.8 Å². The Morgan fingerprint density at radius 1 is 0.966 bits per heavy atom. The summed E-state index contributed by atoms with van der Waals surface area (Å²) >= 11 is 0. The highest BCUT2D eigenvalue weighted by atomic mass is 16.5. The summed E-state index contributed by atoms with van der Waals surface area (Å²) in [5.41, 5.74) is 3.91. The summed E-state index contributed by atoms with van der Waals surface area (Å²) in [6.45, 7) is 17.5. The highest BCUT2D eigenvalue weighted by Gasteiger charge is 2.28. The topological polar surface area (TPSA) is 46.5 Å². The molecule has 29 heavy (non-hydrogen) atoms. The number of phenolic OH excluding ortho intramolecular Hbond substituents is 1. The van der Waals surface area contributed by atoms with E-state index in [0.29, 0.717) is 25.2 Å². The van der Waals surface area contributed by atoms with Crippen molar-refractivity contribution in [1.82, 2.24) is 0 Å². The molecular weight excluding hydrogens is 360 g/mol. The Hall–Kier alpha value is -1.51. The molecule has 1 aromatic carbocycles. The minimum absolute atomic E-state index is 0.101. The normalized spacial score (nSPS) is 12.3. The molecule has 3 heteroatoms. The van der Waals surface area contributed by atoms with Crippen molar-refractivity contribution in [2.24, 2.45) is 0 Å². The van der Waals surface area contributed by atoms with Crippen LogP contribution >= 0.6 is 0 Å². The Bertz CT molecular complexity index is 660. The van der Waals surface area contributed by atoms with Gasteiger partial charge in [0.15, 0.2) is 0 Å². The molecule has 0 saturated carbocycles. The molecule has 1 rings (SSSR count). The Balaban J connectivity index is 2.80. The van der Waals surface area contributed by atoms with Crippen molar-refractivity contribution in [2.45, 2.75) is 118 Å². The molecule has 0 heterocycles. The molecule has 0 spiro atoms. The number of hydrogen-bond donors (Lipinski definition) is 1. The molecule has 0 aliphatic carbocycles. The molecule has 0 radical (unpaired) electrons. The standard InChI is InChI=1S/C26H44O3/c1-9-10-11-12-13-14-17-29-22(27)16-15-20-18-21(25(3,4)5)24(28)19(2)23(20)26(6,7)8/h18,28H,9-17H2,1-8H3. The second-order valence-electron chi connectivity index (χ2n) is 10.4. The van der Waals surface area contributed by atoms with Crippen LogP contribution in [0.4, 0.5) is 0 Å². The van der Waals surface area contributed by atoms with E-state index in [2.05, 4.69) is 54.5 Å². The molecule has 0 aliphatic rings. The highest BCUT2D eigenvalue weighted by molar-refractivity contribution is 5.70.